The number of aryl methyl sites for hydroxylation is 2. The molecular weight excluding hydrogens is 410 g/mol. The molecule has 0 aliphatic carbocycles. The molecule has 0 spiro atoms. The van der Waals surface area contributed by atoms with Crippen LogP contribution < -0.4 is 15.7 Å². The lowest BCUT2D eigenvalue weighted by Crippen LogP contribution is -2.50. The zero-order chi connectivity index (χ0) is 22.7. The Balaban J connectivity index is 1.33. The highest BCUT2D eigenvalue weighted by Crippen LogP contribution is 2.30. The minimum Gasteiger partial charge on any atom is -0.483 e. The van der Waals surface area contributed by atoms with Crippen molar-refractivity contribution in [3.8, 4) is 5.75 Å². The maximum absolute atomic E-state index is 12.5. The van der Waals surface area contributed by atoms with E-state index in [1.54, 1.807) is 6.07 Å². The Morgan fingerprint density at radius 1 is 1.09 bits per heavy atom. The summed E-state index contributed by atoms with van der Waals surface area (Å²) in [6, 6.07) is 5.30. The van der Waals surface area contributed by atoms with Crippen molar-refractivity contribution in [1.29, 1.82) is 0 Å². The van der Waals surface area contributed by atoms with Crippen molar-refractivity contribution in [2.24, 2.45) is 0 Å². The molecule has 2 fully saturated rings. The van der Waals surface area contributed by atoms with Crippen LogP contribution in [0.25, 0.3) is 11.0 Å². The van der Waals surface area contributed by atoms with E-state index in [-0.39, 0.29) is 24.6 Å². The van der Waals surface area contributed by atoms with Crippen LogP contribution >= 0.6 is 0 Å². The number of piperidine rings is 1. The second-order valence-corrected chi connectivity index (χ2v) is 8.67. The summed E-state index contributed by atoms with van der Waals surface area (Å²) in [6.45, 7) is 6.75. The minimum atomic E-state index is -0.391. The predicted octanol–water partition coefficient (Wildman–Crippen LogP) is 2.84. The van der Waals surface area contributed by atoms with Gasteiger partial charge in [-0.25, -0.2) is 9.59 Å². The van der Waals surface area contributed by atoms with Crippen molar-refractivity contribution in [2.45, 2.75) is 52.0 Å². The summed E-state index contributed by atoms with van der Waals surface area (Å²) in [7, 11) is 0. The number of carbonyl (C=O) groups excluding carboxylic acids is 2. The lowest BCUT2D eigenvalue weighted by Gasteiger charge is -2.34. The molecule has 32 heavy (non-hydrogen) atoms. The van der Waals surface area contributed by atoms with Crippen molar-refractivity contribution in [2.75, 3.05) is 32.8 Å². The lowest BCUT2D eigenvalue weighted by atomic mass is 10.0. The molecule has 172 valence electrons. The molecule has 0 atom stereocenters. The molecule has 3 amide bonds. The zero-order valence-corrected chi connectivity index (χ0v) is 18.8. The average molecular weight is 442 g/mol. The fourth-order valence-electron chi connectivity index (χ4n) is 4.60. The van der Waals surface area contributed by atoms with Crippen LogP contribution in [0.4, 0.5) is 4.79 Å². The highest BCUT2D eigenvalue weighted by molar-refractivity contribution is 5.88. The number of urea groups is 1. The first kappa shape index (κ1) is 22.2. The number of benzene rings is 1. The molecule has 1 aromatic heterocycles. The fraction of sp³-hybridized carbons (Fsp3) is 0.542. The Morgan fingerprint density at radius 3 is 2.47 bits per heavy atom. The van der Waals surface area contributed by atoms with Crippen LogP contribution in [0.1, 0.15) is 43.7 Å². The molecule has 2 aliphatic heterocycles. The van der Waals surface area contributed by atoms with Gasteiger partial charge in [-0.15, -0.1) is 0 Å². The van der Waals surface area contributed by atoms with Crippen molar-refractivity contribution in [3.05, 3.63) is 39.7 Å². The normalized spacial score (nSPS) is 17.1. The van der Waals surface area contributed by atoms with Gasteiger partial charge in [0.05, 0.1) is 5.39 Å². The summed E-state index contributed by atoms with van der Waals surface area (Å²) in [5, 5.41) is 3.76. The van der Waals surface area contributed by atoms with Gasteiger partial charge < -0.3 is 24.3 Å². The number of rotatable bonds is 5. The second-order valence-electron chi connectivity index (χ2n) is 8.67. The molecule has 4 rings (SSSR count). The number of hydrogen-bond acceptors (Lipinski definition) is 5. The highest BCUT2D eigenvalue weighted by Gasteiger charge is 2.28. The lowest BCUT2D eigenvalue weighted by molar-refractivity contribution is -0.124. The Labute approximate surface area is 187 Å². The van der Waals surface area contributed by atoms with E-state index in [4.69, 9.17) is 9.15 Å². The van der Waals surface area contributed by atoms with E-state index in [2.05, 4.69) is 5.32 Å². The molecule has 0 unspecified atom stereocenters. The molecule has 3 heterocycles. The van der Waals surface area contributed by atoms with E-state index < -0.39 is 5.63 Å². The van der Waals surface area contributed by atoms with Crippen molar-refractivity contribution >= 4 is 22.9 Å². The molecule has 8 nitrogen and oxygen atoms in total. The molecule has 0 bridgehead atoms. The number of ether oxygens (including phenoxy) is 1. The Bertz CT molecular complexity index is 1050. The third-order valence-electron chi connectivity index (χ3n) is 6.28. The summed E-state index contributed by atoms with van der Waals surface area (Å²) >= 11 is 0. The van der Waals surface area contributed by atoms with Crippen LogP contribution in [0.3, 0.4) is 0 Å². The van der Waals surface area contributed by atoms with E-state index in [0.717, 1.165) is 55.3 Å². The van der Waals surface area contributed by atoms with E-state index in [9.17, 15) is 14.4 Å². The average Bonchev–Trinajstić information content (AvgIpc) is 3.31. The summed E-state index contributed by atoms with van der Waals surface area (Å²) in [5.74, 6) is 0.348. The number of carbonyl (C=O) groups is 2. The van der Waals surface area contributed by atoms with Gasteiger partial charge in [0.2, 0.25) is 0 Å². The predicted molar refractivity (Wildman–Crippen MR) is 121 cm³/mol. The SMILES string of the molecule is CCc1cc(=O)oc2cc(C)cc(OCC(=O)NC3CCN(C(=O)N4CCCC4)CC3)c12. The van der Waals surface area contributed by atoms with Crippen molar-refractivity contribution in [3.63, 3.8) is 0 Å². The smallest absolute Gasteiger partial charge is 0.336 e. The van der Waals surface area contributed by atoms with Crippen LogP contribution in [0.5, 0.6) is 5.75 Å². The van der Waals surface area contributed by atoms with E-state index in [1.165, 1.54) is 6.07 Å². The standard InChI is InChI=1S/C24H31N3O5/c1-3-17-14-22(29)32-20-13-16(2)12-19(23(17)20)31-15-21(28)25-18-6-10-27(11-7-18)24(30)26-8-4-5-9-26/h12-14,18H,3-11,15H2,1-2H3,(H,25,28). The number of nitrogens with one attached hydrogen (secondary N) is 1. The maximum atomic E-state index is 12.5. The Morgan fingerprint density at radius 2 is 1.78 bits per heavy atom. The topological polar surface area (TPSA) is 92.1 Å². The van der Waals surface area contributed by atoms with E-state index in [1.807, 2.05) is 29.7 Å². The van der Waals surface area contributed by atoms with Gasteiger partial charge in [0.1, 0.15) is 11.3 Å². The van der Waals surface area contributed by atoms with Crippen LogP contribution in [-0.4, -0.2) is 60.6 Å². The van der Waals surface area contributed by atoms with Crippen molar-refractivity contribution < 1.29 is 18.7 Å². The van der Waals surface area contributed by atoms with Gasteiger partial charge >= 0.3 is 11.7 Å². The molecule has 2 saturated heterocycles. The molecular formula is C24H31N3O5. The third-order valence-corrected chi connectivity index (χ3v) is 6.28. The molecule has 0 saturated carbocycles. The van der Waals surface area contributed by atoms with Crippen LogP contribution in [0, 0.1) is 6.92 Å². The van der Waals surface area contributed by atoms with Gasteiger partial charge in [-0.05, 0) is 62.3 Å². The Hall–Kier alpha value is -3.03. The number of likely N-dealkylation sites (tertiary alicyclic amines) is 2. The first-order chi connectivity index (χ1) is 15.4. The molecule has 0 radical (unpaired) electrons. The monoisotopic (exact) mass is 441 g/mol. The third kappa shape index (κ3) is 4.89. The van der Waals surface area contributed by atoms with Gasteiger partial charge in [-0.1, -0.05) is 6.92 Å². The van der Waals surface area contributed by atoms with Crippen LogP contribution in [-0.2, 0) is 11.2 Å². The quantitative estimate of drug-likeness (QED) is 0.721. The van der Waals surface area contributed by atoms with Crippen molar-refractivity contribution in [1.82, 2.24) is 15.1 Å². The molecule has 8 heteroatoms. The number of hydrogen-bond donors (Lipinski definition) is 1. The summed E-state index contributed by atoms with van der Waals surface area (Å²) in [5.41, 5.74) is 1.80. The molecule has 1 aromatic carbocycles. The van der Waals surface area contributed by atoms with Crippen LogP contribution in [0.15, 0.2) is 27.4 Å². The van der Waals surface area contributed by atoms with Gasteiger partial charge in [0.25, 0.3) is 5.91 Å². The van der Waals surface area contributed by atoms with E-state index in [0.29, 0.717) is 30.8 Å². The van der Waals surface area contributed by atoms with Gasteiger partial charge in [0.15, 0.2) is 6.61 Å². The minimum absolute atomic E-state index is 0.0344. The first-order valence-electron chi connectivity index (χ1n) is 11.5. The zero-order valence-electron chi connectivity index (χ0n) is 18.8. The second kappa shape index (κ2) is 9.63. The molecule has 1 N–H and O–H groups in total. The van der Waals surface area contributed by atoms with E-state index >= 15 is 0 Å². The summed E-state index contributed by atoms with van der Waals surface area (Å²) in [4.78, 5) is 40.7. The molecule has 2 aromatic rings. The highest BCUT2D eigenvalue weighted by atomic mass is 16.5. The number of fused-ring (bicyclic) bond motifs is 1. The fourth-order valence-corrected chi connectivity index (χ4v) is 4.60. The van der Waals surface area contributed by atoms with Crippen LogP contribution in [0.2, 0.25) is 0 Å². The number of nitrogens with zero attached hydrogens (tertiary/aromatic N) is 2. The van der Waals surface area contributed by atoms with Gasteiger partial charge in [-0.2, -0.15) is 0 Å². The maximum Gasteiger partial charge on any atom is 0.336 e. The Kier molecular flexibility index (Phi) is 6.67. The van der Waals surface area contributed by atoms with Gasteiger partial charge in [-0.3, -0.25) is 4.79 Å². The van der Waals surface area contributed by atoms with Gasteiger partial charge in [0, 0.05) is 38.3 Å². The summed E-state index contributed by atoms with van der Waals surface area (Å²) in [6.07, 6.45) is 4.30. The molecule has 2 aliphatic rings. The number of amides is 3. The largest absolute Gasteiger partial charge is 0.483 e. The summed E-state index contributed by atoms with van der Waals surface area (Å²) < 4.78 is 11.2. The first-order valence-corrected chi connectivity index (χ1v) is 11.5.